The summed E-state index contributed by atoms with van der Waals surface area (Å²) in [5, 5.41) is 42.7. The first-order valence-corrected chi connectivity index (χ1v) is 14.1. The van der Waals surface area contributed by atoms with E-state index < -0.39 is 36.5 Å². The van der Waals surface area contributed by atoms with Crippen molar-refractivity contribution in [2.75, 3.05) is 0 Å². The maximum absolute atomic E-state index is 12.6. The van der Waals surface area contributed by atoms with E-state index in [0.29, 0.717) is 6.42 Å². The first-order chi connectivity index (χ1) is 17.9. The minimum atomic E-state index is -0.828. The van der Waals surface area contributed by atoms with Gasteiger partial charge in [-0.05, 0) is 31.1 Å². The van der Waals surface area contributed by atoms with Crippen LogP contribution in [0.25, 0.3) is 0 Å². The van der Waals surface area contributed by atoms with E-state index in [0.717, 1.165) is 12.8 Å². The zero-order chi connectivity index (χ0) is 28.8. The van der Waals surface area contributed by atoms with Crippen molar-refractivity contribution >= 4 is 5.97 Å². The maximum Gasteiger partial charge on any atom is 0.331 e. The van der Waals surface area contributed by atoms with E-state index in [9.17, 15) is 25.2 Å². The van der Waals surface area contributed by atoms with E-state index >= 15 is 0 Å². The Hall–Kier alpha value is -1.99. The van der Waals surface area contributed by atoms with Gasteiger partial charge in [0.05, 0.1) is 24.4 Å². The van der Waals surface area contributed by atoms with Crippen molar-refractivity contribution in [2.24, 2.45) is 35.5 Å². The summed E-state index contributed by atoms with van der Waals surface area (Å²) < 4.78 is 5.81. The molecule has 6 heteroatoms. The number of carbonyl (C=O) groups excluding carboxylic acids is 1. The van der Waals surface area contributed by atoms with Crippen LogP contribution in [0.15, 0.2) is 61.3 Å². The van der Waals surface area contributed by atoms with Crippen LogP contribution in [0.1, 0.15) is 67.2 Å². The summed E-state index contributed by atoms with van der Waals surface area (Å²) in [5.41, 5.74) is 0. The van der Waals surface area contributed by atoms with E-state index in [2.05, 4.69) is 13.5 Å². The Labute approximate surface area is 230 Å². The first-order valence-electron chi connectivity index (χ1n) is 14.1. The van der Waals surface area contributed by atoms with Gasteiger partial charge in [-0.1, -0.05) is 96.7 Å². The second-order valence-corrected chi connectivity index (χ2v) is 11.4. The molecule has 0 aromatic rings. The minimum Gasteiger partial charge on any atom is -0.458 e. The van der Waals surface area contributed by atoms with E-state index in [1.807, 2.05) is 52.8 Å². The summed E-state index contributed by atoms with van der Waals surface area (Å²) in [5.74, 6) is -0.976. The Balaban J connectivity index is 3.17. The molecule has 0 saturated heterocycles. The van der Waals surface area contributed by atoms with Crippen molar-refractivity contribution in [3.63, 3.8) is 0 Å². The molecule has 0 aliphatic carbocycles. The molecule has 6 nitrogen and oxygen atoms in total. The van der Waals surface area contributed by atoms with Gasteiger partial charge in [0, 0.05) is 36.2 Å². The van der Waals surface area contributed by atoms with E-state index in [4.69, 9.17) is 4.74 Å². The molecule has 0 saturated carbocycles. The van der Waals surface area contributed by atoms with Crippen molar-refractivity contribution in [1.29, 1.82) is 0 Å². The summed E-state index contributed by atoms with van der Waals surface area (Å²) in [6.45, 7) is 15.5. The van der Waals surface area contributed by atoms with Gasteiger partial charge < -0.3 is 25.2 Å². The largest absolute Gasteiger partial charge is 0.458 e. The molecular formula is C32H52O6. The summed E-state index contributed by atoms with van der Waals surface area (Å²) in [6, 6.07) is 0. The molecule has 0 aromatic heterocycles. The maximum atomic E-state index is 12.6. The van der Waals surface area contributed by atoms with Crippen LogP contribution in [-0.4, -0.2) is 56.9 Å². The first kappa shape index (κ1) is 34.0. The lowest BCUT2D eigenvalue weighted by molar-refractivity contribution is -0.150. The highest BCUT2D eigenvalue weighted by molar-refractivity contribution is 5.82. The van der Waals surface area contributed by atoms with Crippen molar-refractivity contribution in [1.82, 2.24) is 0 Å². The number of rotatable bonds is 3. The fourth-order valence-corrected chi connectivity index (χ4v) is 5.04. The zero-order valence-corrected chi connectivity index (χ0v) is 24.2. The predicted octanol–water partition coefficient (Wildman–Crippen LogP) is 5.14. The lowest BCUT2D eigenvalue weighted by Crippen LogP contribution is -2.37. The van der Waals surface area contributed by atoms with Crippen LogP contribution in [0.3, 0.4) is 0 Å². The SMILES string of the molecule is C=C/C=C\[C@H](C)[C@@H]1OC(=O)/C=C\C=C\[C@H](C)[C@@H](O)CC(O)/C=C\[C@H](C)[C@H](O)[C@H](C)C[C@@H](C)CC[C@H](O)[C@@H]1C. The standard InChI is InChI=1S/C32H52O6/c1-8-9-12-24(5)32-26(7)28(34)18-15-21(2)19-25(6)31(37)23(4)16-17-27(33)20-29(35)22(3)13-10-11-14-30(36)38-32/h8-14,16-17,21-29,31-35,37H,1,15,18-20H2,2-7H3/b12-9-,13-10+,14-11-,17-16-/t21-,22-,23-,24-,25+,26-,27?,28-,29-,31-,32-/m0/s1. The Morgan fingerprint density at radius 1 is 0.921 bits per heavy atom. The number of carbonyl (C=O) groups is 1. The number of aliphatic hydroxyl groups is 4. The molecule has 1 aliphatic heterocycles. The Morgan fingerprint density at radius 3 is 2.26 bits per heavy atom. The number of ether oxygens (including phenoxy) is 1. The van der Waals surface area contributed by atoms with Crippen LogP contribution in [0.2, 0.25) is 0 Å². The number of esters is 1. The van der Waals surface area contributed by atoms with Gasteiger partial charge in [0.25, 0.3) is 0 Å². The third-order valence-electron chi connectivity index (χ3n) is 7.78. The monoisotopic (exact) mass is 532 g/mol. The van der Waals surface area contributed by atoms with Crippen molar-refractivity contribution in [3.8, 4) is 0 Å². The number of aliphatic hydroxyl groups excluding tert-OH is 4. The van der Waals surface area contributed by atoms with Crippen LogP contribution >= 0.6 is 0 Å². The van der Waals surface area contributed by atoms with Crippen LogP contribution in [0, 0.1) is 35.5 Å². The summed E-state index contributed by atoms with van der Waals surface area (Å²) in [4.78, 5) is 12.6. The molecule has 0 fully saturated rings. The number of cyclic esters (lactones) is 1. The smallest absolute Gasteiger partial charge is 0.331 e. The molecule has 1 aliphatic rings. The number of allylic oxidation sites excluding steroid dienone is 4. The molecule has 38 heavy (non-hydrogen) atoms. The van der Waals surface area contributed by atoms with Crippen LogP contribution in [-0.2, 0) is 9.53 Å². The molecule has 4 N–H and O–H groups in total. The number of hydrogen-bond acceptors (Lipinski definition) is 6. The van der Waals surface area contributed by atoms with Gasteiger partial charge in [-0.3, -0.25) is 0 Å². The quantitative estimate of drug-likeness (QED) is 0.228. The molecule has 1 unspecified atom stereocenters. The average Bonchev–Trinajstić information content (AvgIpc) is 2.88. The number of hydrogen-bond donors (Lipinski definition) is 4. The molecule has 216 valence electrons. The van der Waals surface area contributed by atoms with Crippen LogP contribution < -0.4 is 0 Å². The molecule has 1 heterocycles. The molecule has 0 spiro atoms. The molecule has 0 radical (unpaired) electrons. The second kappa shape index (κ2) is 17.6. The lowest BCUT2D eigenvalue weighted by Gasteiger charge is -2.31. The van der Waals surface area contributed by atoms with Gasteiger partial charge in [-0.2, -0.15) is 0 Å². The Morgan fingerprint density at radius 2 is 1.61 bits per heavy atom. The molecule has 11 atom stereocenters. The average molecular weight is 533 g/mol. The molecule has 1 rings (SSSR count). The third-order valence-corrected chi connectivity index (χ3v) is 7.78. The topological polar surface area (TPSA) is 107 Å². The van der Waals surface area contributed by atoms with E-state index in [1.54, 1.807) is 30.4 Å². The Bertz CT molecular complexity index is 815. The van der Waals surface area contributed by atoms with Gasteiger partial charge in [-0.25, -0.2) is 4.79 Å². The van der Waals surface area contributed by atoms with Crippen LogP contribution in [0.4, 0.5) is 0 Å². The van der Waals surface area contributed by atoms with Gasteiger partial charge in [0.1, 0.15) is 6.10 Å². The van der Waals surface area contributed by atoms with Crippen molar-refractivity contribution in [2.45, 2.75) is 97.7 Å². The Kier molecular flexibility index (Phi) is 15.7. The highest BCUT2D eigenvalue weighted by atomic mass is 16.5. The molecular weight excluding hydrogens is 480 g/mol. The minimum absolute atomic E-state index is 0.0366. The molecule has 0 amide bonds. The summed E-state index contributed by atoms with van der Waals surface area (Å²) >= 11 is 0. The third kappa shape index (κ3) is 12.2. The van der Waals surface area contributed by atoms with Gasteiger partial charge in [0.15, 0.2) is 0 Å². The van der Waals surface area contributed by atoms with E-state index in [1.165, 1.54) is 6.08 Å². The highest BCUT2D eigenvalue weighted by Crippen LogP contribution is 2.28. The fourth-order valence-electron chi connectivity index (χ4n) is 5.04. The molecule has 0 aromatic carbocycles. The lowest BCUT2D eigenvalue weighted by atomic mass is 9.82. The second-order valence-electron chi connectivity index (χ2n) is 11.4. The van der Waals surface area contributed by atoms with E-state index in [-0.39, 0.29) is 41.9 Å². The summed E-state index contributed by atoms with van der Waals surface area (Å²) in [6.07, 6.45) is 14.2. The zero-order valence-electron chi connectivity index (χ0n) is 24.2. The van der Waals surface area contributed by atoms with Crippen molar-refractivity contribution < 1.29 is 30.0 Å². The summed E-state index contributed by atoms with van der Waals surface area (Å²) in [7, 11) is 0. The predicted molar refractivity (Wildman–Crippen MR) is 154 cm³/mol. The van der Waals surface area contributed by atoms with Gasteiger partial charge in [-0.15, -0.1) is 0 Å². The normalized spacial score (nSPS) is 40.7. The fraction of sp³-hybridized carbons (Fsp3) is 0.656. The van der Waals surface area contributed by atoms with Gasteiger partial charge >= 0.3 is 5.97 Å². The van der Waals surface area contributed by atoms with Gasteiger partial charge in [0.2, 0.25) is 0 Å². The molecule has 0 bridgehead atoms. The van der Waals surface area contributed by atoms with Crippen LogP contribution in [0.5, 0.6) is 0 Å². The van der Waals surface area contributed by atoms with Crippen molar-refractivity contribution in [3.05, 3.63) is 61.3 Å². The highest BCUT2D eigenvalue weighted by Gasteiger charge is 2.31.